The molecule has 3 rings (SSSR count). The first-order valence-electron chi connectivity index (χ1n) is 5.18. The van der Waals surface area contributed by atoms with Crippen molar-refractivity contribution < 1.29 is 9.53 Å². The van der Waals surface area contributed by atoms with E-state index in [0.29, 0.717) is 17.8 Å². The van der Waals surface area contributed by atoms with E-state index >= 15 is 0 Å². The molecule has 0 unspecified atom stereocenters. The van der Waals surface area contributed by atoms with Gasteiger partial charge < -0.3 is 4.74 Å². The van der Waals surface area contributed by atoms with Gasteiger partial charge in [-0.2, -0.15) is 0 Å². The van der Waals surface area contributed by atoms with Gasteiger partial charge in [0.15, 0.2) is 11.9 Å². The second-order valence-corrected chi connectivity index (χ2v) is 3.83. The van der Waals surface area contributed by atoms with E-state index in [1.165, 1.54) is 0 Å². The molecule has 0 aromatic carbocycles. The number of rotatable bonds is 1. The maximum Gasteiger partial charge on any atom is 0.159 e. The average Bonchev–Trinajstić information content (AvgIpc) is 2.35. The normalized spacial score (nSPS) is 14.8. The molecule has 2 aromatic heterocycles. The lowest BCUT2D eigenvalue weighted by atomic mass is 10.1. The number of hydrogen-bond donors (Lipinski definition) is 0. The van der Waals surface area contributed by atoms with Crippen LogP contribution in [0.15, 0.2) is 18.3 Å². The summed E-state index contributed by atoms with van der Waals surface area (Å²) in [5.41, 5.74) is 3.44. The van der Waals surface area contributed by atoms with Crippen LogP contribution < -0.4 is 0 Å². The first-order chi connectivity index (χ1) is 7.86. The summed E-state index contributed by atoms with van der Waals surface area (Å²) in [6.07, 6.45) is 3.18. The van der Waals surface area contributed by atoms with E-state index in [1.807, 2.05) is 6.07 Å². The highest BCUT2D eigenvalue weighted by atomic mass is 16.5. The molecule has 0 saturated carbocycles. The van der Waals surface area contributed by atoms with Crippen molar-refractivity contribution in [2.75, 3.05) is 6.61 Å². The molecule has 0 aliphatic carbocycles. The van der Waals surface area contributed by atoms with Gasteiger partial charge in [0.2, 0.25) is 0 Å². The molecule has 3 heterocycles. The Morgan fingerprint density at radius 3 is 3.19 bits per heavy atom. The number of carbonyl (C=O) groups is 1. The van der Waals surface area contributed by atoms with Crippen molar-refractivity contribution in [1.29, 1.82) is 0 Å². The minimum absolute atomic E-state index is 0.575. The van der Waals surface area contributed by atoms with Crippen LogP contribution in [-0.4, -0.2) is 22.9 Å². The van der Waals surface area contributed by atoms with Crippen LogP contribution in [0.2, 0.25) is 0 Å². The summed E-state index contributed by atoms with van der Waals surface area (Å²) < 4.78 is 5.37. The second-order valence-electron chi connectivity index (χ2n) is 3.83. The number of aromatic nitrogens is 2. The van der Waals surface area contributed by atoms with Crippen molar-refractivity contribution in [3.05, 3.63) is 35.2 Å². The van der Waals surface area contributed by atoms with E-state index in [9.17, 15) is 4.79 Å². The van der Waals surface area contributed by atoms with E-state index in [4.69, 9.17) is 4.74 Å². The standard InChI is InChI=1S/C12H10N2O2/c15-6-8-3-9-4-10-7-16-2-1-11(10)14-12(9)13-5-8/h3-6H,1-2,7H2. The third-order valence-corrected chi connectivity index (χ3v) is 2.73. The molecule has 0 bridgehead atoms. The molecule has 2 aromatic rings. The predicted octanol–water partition coefficient (Wildman–Crippen LogP) is 1.52. The SMILES string of the molecule is O=Cc1cnc2nc3c(cc2c1)COCC3. The van der Waals surface area contributed by atoms with Gasteiger partial charge in [0.25, 0.3) is 0 Å². The summed E-state index contributed by atoms with van der Waals surface area (Å²) in [5, 5.41) is 0.897. The molecule has 1 aliphatic heterocycles. The highest BCUT2D eigenvalue weighted by molar-refractivity contribution is 5.84. The van der Waals surface area contributed by atoms with Crippen LogP contribution in [0.25, 0.3) is 11.0 Å². The van der Waals surface area contributed by atoms with Crippen LogP contribution in [0.4, 0.5) is 0 Å². The van der Waals surface area contributed by atoms with Crippen LogP contribution >= 0.6 is 0 Å². The lowest BCUT2D eigenvalue weighted by Crippen LogP contribution is -2.12. The molecule has 16 heavy (non-hydrogen) atoms. The molecule has 4 nitrogen and oxygen atoms in total. The van der Waals surface area contributed by atoms with Crippen LogP contribution in [0.3, 0.4) is 0 Å². The molecule has 4 heteroatoms. The molecule has 0 fully saturated rings. The highest BCUT2D eigenvalue weighted by Gasteiger charge is 2.12. The van der Waals surface area contributed by atoms with E-state index < -0.39 is 0 Å². The molecule has 0 N–H and O–H groups in total. The summed E-state index contributed by atoms with van der Waals surface area (Å²) in [6, 6.07) is 3.81. The number of pyridine rings is 2. The number of aldehydes is 1. The summed E-state index contributed by atoms with van der Waals surface area (Å²) >= 11 is 0. The summed E-state index contributed by atoms with van der Waals surface area (Å²) in [5.74, 6) is 0. The monoisotopic (exact) mass is 214 g/mol. The summed E-state index contributed by atoms with van der Waals surface area (Å²) in [6.45, 7) is 1.32. The fourth-order valence-corrected chi connectivity index (χ4v) is 1.92. The van der Waals surface area contributed by atoms with E-state index in [2.05, 4.69) is 9.97 Å². The van der Waals surface area contributed by atoms with Gasteiger partial charge in [0, 0.05) is 29.1 Å². The lowest BCUT2D eigenvalue weighted by molar-refractivity contribution is 0.109. The third-order valence-electron chi connectivity index (χ3n) is 2.73. The molecule has 0 atom stereocenters. The largest absolute Gasteiger partial charge is 0.376 e. The maximum atomic E-state index is 10.7. The Bertz CT molecular complexity index is 566. The van der Waals surface area contributed by atoms with Crippen molar-refractivity contribution in [2.45, 2.75) is 13.0 Å². The molecular weight excluding hydrogens is 204 g/mol. The molecule has 0 amide bonds. The zero-order chi connectivity index (χ0) is 11.0. The average molecular weight is 214 g/mol. The van der Waals surface area contributed by atoms with Crippen molar-refractivity contribution in [2.24, 2.45) is 0 Å². The number of hydrogen-bond acceptors (Lipinski definition) is 4. The molecule has 0 radical (unpaired) electrons. The third kappa shape index (κ3) is 1.47. The fraction of sp³-hybridized carbons (Fsp3) is 0.250. The zero-order valence-corrected chi connectivity index (χ0v) is 8.64. The van der Waals surface area contributed by atoms with Crippen LogP contribution in [0, 0.1) is 0 Å². The van der Waals surface area contributed by atoms with Gasteiger partial charge >= 0.3 is 0 Å². The molecule has 80 valence electrons. The summed E-state index contributed by atoms with van der Waals surface area (Å²) in [7, 11) is 0. The van der Waals surface area contributed by atoms with Gasteiger partial charge in [-0.3, -0.25) is 4.79 Å². The Labute approximate surface area is 92.3 Å². The number of fused-ring (bicyclic) bond motifs is 2. The Balaban J connectivity index is 2.23. The number of nitrogens with zero attached hydrogens (tertiary/aromatic N) is 2. The van der Waals surface area contributed by atoms with Gasteiger partial charge in [0.05, 0.1) is 18.9 Å². The van der Waals surface area contributed by atoms with Crippen LogP contribution in [0.1, 0.15) is 21.6 Å². The van der Waals surface area contributed by atoms with Crippen LogP contribution in [-0.2, 0) is 17.8 Å². The van der Waals surface area contributed by atoms with Crippen molar-refractivity contribution in [3.63, 3.8) is 0 Å². The van der Waals surface area contributed by atoms with Crippen molar-refractivity contribution in [1.82, 2.24) is 9.97 Å². The van der Waals surface area contributed by atoms with Gasteiger partial charge in [-0.15, -0.1) is 0 Å². The quantitative estimate of drug-likeness (QED) is 0.675. The van der Waals surface area contributed by atoms with Gasteiger partial charge in [0.1, 0.15) is 0 Å². The second kappa shape index (κ2) is 3.64. The zero-order valence-electron chi connectivity index (χ0n) is 8.64. The molecule has 1 aliphatic rings. The number of ether oxygens (including phenoxy) is 1. The molecular formula is C12H10N2O2. The van der Waals surface area contributed by atoms with Crippen molar-refractivity contribution >= 4 is 17.3 Å². The Morgan fingerprint density at radius 2 is 2.31 bits per heavy atom. The first kappa shape index (κ1) is 9.42. The predicted molar refractivity (Wildman–Crippen MR) is 58.3 cm³/mol. The lowest BCUT2D eigenvalue weighted by Gasteiger charge is -2.15. The fourth-order valence-electron chi connectivity index (χ4n) is 1.92. The first-order valence-corrected chi connectivity index (χ1v) is 5.18. The van der Waals surface area contributed by atoms with E-state index in [0.717, 1.165) is 36.0 Å². The van der Waals surface area contributed by atoms with E-state index in [-0.39, 0.29) is 0 Å². The maximum absolute atomic E-state index is 10.7. The Morgan fingerprint density at radius 1 is 1.38 bits per heavy atom. The molecule has 0 spiro atoms. The summed E-state index contributed by atoms with van der Waals surface area (Å²) in [4.78, 5) is 19.3. The number of carbonyl (C=O) groups excluding carboxylic acids is 1. The Hall–Kier alpha value is -1.81. The minimum Gasteiger partial charge on any atom is -0.376 e. The van der Waals surface area contributed by atoms with Gasteiger partial charge in [-0.05, 0) is 12.1 Å². The van der Waals surface area contributed by atoms with Crippen molar-refractivity contribution in [3.8, 4) is 0 Å². The highest BCUT2D eigenvalue weighted by Crippen LogP contribution is 2.20. The topological polar surface area (TPSA) is 52.1 Å². The molecule has 0 saturated heterocycles. The van der Waals surface area contributed by atoms with Gasteiger partial charge in [-0.1, -0.05) is 0 Å². The van der Waals surface area contributed by atoms with E-state index in [1.54, 1.807) is 12.3 Å². The van der Waals surface area contributed by atoms with Crippen LogP contribution in [0.5, 0.6) is 0 Å². The smallest absolute Gasteiger partial charge is 0.159 e. The van der Waals surface area contributed by atoms with Gasteiger partial charge in [-0.25, -0.2) is 9.97 Å². The minimum atomic E-state index is 0.575. The Kier molecular flexibility index (Phi) is 2.15.